The van der Waals surface area contributed by atoms with Crippen LogP contribution in [0, 0.1) is 18.8 Å². The van der Waals surface area contributed by atoms with E-state index in [1.54, 1.807) is 26.0 Å². The number of benzene rings is 1. The molecule has 2 aromatic heterocycles. The Balaban J connectivity index is 0.00000336. The van der Waals surface area contributed by atoms with E-state index in [1.807, 2.05) is 0 Å². The minimum absolute atomic E-state index is 0. The number of hydrogen-bond donors (Lipinski definition) is 2. The zero-order chi connectivity index (χ0) is 26.4. The van der Waals surface area contributed by atoms with Crippen LogP contribution < -0.4 is 34.2 Å². The molecule has 0 bridgehead atoms. The van der Waals surface area contributed by atoms with E-state index >= 15 is 0 Å². The van der Waals surface area contributed by atoms with Crippen molar-refractivity contribution in [1.29, 1.82) is 0 Å². The topological polar surface area (TPSA) is 127 Å². The molecule has 13 heteroatoms. The SMILES string of the molecule is CCOC(=O)c1sc(N2C[C@@H]3C(NC(=O)c4[nH]c(C)c(Cl)c4Cl)[C@@H]3C2)nc1Cc1ccc(C(=O)[O-])cc1.[Li+]. The molecule has 2 aliphatic rings. The number of esters is 1. The number of carbonyl (C=O) groups is 3. The quantitative estimate of drug-likeness (QED) is 0.291. The molecule has 3 atom stereocenters. The van der Waals surface area contributed by atoms with Crippen LogP contribution in [0.1, 0.15) is 54.4 Å². The molecule has 5 rings (SSSR count). The number of aromatic nitrogens is 2. The van der Waals surface area contributed by atoms with E-state index in [0.717, 1.165) is 10.7 Å². The molecular weight excluding hydrogens is 546 g/mol. The van der Waals surface area contributed by atoms with Crippen LogP contribution in [0.2, 0.25) is 10.0 Å². The van der Waals surface area contributed by atoms with Gasteiger partial charge in [0.25, 0.3) is 5.91 Å². The van der Waals surface area contributed by atoms with Gasteiger partial charge in [0, 0.05) is 43.1 Å². The molecular formula is C25H23Cl2LiN4O5S. The van der Waals surface area contributed by atoms with Gasteiger partial charge in [-0.3, -0.25) is 4.79 Å². The summed E-state index contributed by atoms with van der Waals surface area (Å²) in [7, 11) is 0. The third-order valence-electron chi connectivity index (χ3n) is 6.75. The Kier molecular flexibility index (Phi) is 8.50. The van der Waals surface area contributed by atoms with E-state index in [2.05, 4.69) is 15.2 Å². The summed E-state index contributed by atoms with van der Waals surface area (Å²) in [6.45, 7) is 5.14. The second-order valence-electron chi connectivity index (χ2n) is 9.14. The second-order valence-corrected chi connectivity index (χ2v) is 10.9. The predicted octanol–water partition coefficient (Wildman–Crippen LogP) is 0.0860. The minimum atomic E-state index is -1.24. The number of rotatable bonds is 8. The van der Waals surface area contributed by atoms with Gasteiger partial charge in [0.15, 0.2) is 5.13 Å². The molecule has 1 aromatic carbocycles. The van der Waals surface area contributed by atoms with Crippen LogP contribution in [-0.2, 0) is 11.2 Å². The molecule has 1 unspecified atom stereocenters. The number of carboxylic acids is 1. The number of piperidine rings is 1. The fourth-order valence-electron chi connectivity index (χ4n) is 4.75. The normalized spacial score (nSPS) is 19.5. The number of aryl methyl sites for hydroxylation is 1. The Labute approximate surface area is 245 Å². The Bertz CT molecular complexity index is 1380. The maximum atomic E-state index is 12.7. The standard InChI is InChI=1S/C25H24Cl2N4O5S.Li/c1-3-36-24(35)21-16(8-12-4-6-13(7-5-12)23(33)34)29-25(37-21)31-9-14-15(10-31)19(14)30-22(32)20-18(27)17(26)11(2)28-20;/h4-7,14-15,19,28H,3,8-10H2,1-2H3,(H,30,32)(H,33,34);/q;+1/p-1/t14-,15+,19?;. The van der Waals surface area contributed by atoms with Crippen molar-refractivity contribution in [3.8, 4) is 0 Å². The Morgan fingerprint density at radius 3 is 2.39 bits per heavy atom. The van der Waals surface area contributed by atoms with E-state index in [-0.39, 0.29) is 65.5 Å². The van der Waals surface area contributed by atoms with Crippen molar-refractivity contribution < 1.29 is 43.1 Å². The second kappa shape index (κ2) is 11.3. The van der Waals surface area contributed by atoms with Gasteiger partial charge in [-0.05, 0) is 25.0 Å². The first kappa shape index (κ1) is 28.5. The number of fused-ring (bicyclic) bond motifs is 1. The van der Waals surface area contributed by atoms with Crippen molar-refractivity contribution in [2.24, 2.45) is 11.8 Å². The molecule has 3 aromatic rings. The molecule has 0 spiro atoms. The first-order valence-corrected chi connectivity index (χ1v) is 13.3. The van der Waals surface area contributed by atoms with Crippen LogP contribution in [0.25, 0.3) is 0 Å². The Morgan fingerprint density at radius 2 is 1.84 bits per heavy atom. The number of carboxylic acid groups (broad SMARTS) is 1. The smallest absolute Gasteiger partial charge is 0.545 e. The van der Waals surface area contributed by atoms with Crippen molar-refractivity contribution in [2.75, 3.05) is 24.6 Å². The van der Waals surface area contributed by atoms with Gasteiger partial charge in [-0.25, -0.2) is 9.78 Å². The van der Waals surface area contributed by atoms with E-state index in [1.165, 1.54) is 23.5 Å². The van der Waals surface area contributed by atoms with Crippen LogP contribution in [-0.4, -0.2) is 53.6 Å². The summed E-state index contributed by atoms with van der Waals surface area (Å²) in [5.41, 5.74) is 2.40. The third kappa shape index (κ3) is 5.47. The molecule has 2 fully saturated rings. The maximum Gasteiger partial charge on any atom is 1.00 e. The van der Waals surface area contributed by atoms with Gasteiger partial charge in [0.1, 0.15) is 10.6 Å². The number of ether oxygens (including phenoxy) is 1. The van der Waals surface area contributed by atoms with E-state index in [4.69, 9.17) is 32.9 Å². The summed E-state index contributed by atoms with van der Waals surface area (Å²) >= 11 is 13.6. The van der Waals surface area contributed by atoms with Crippen LogP contribution in [0.5, 0.6) is 0 Å². The molecule has 2 N–H and O–H groups in total. The number of aromatic amines is 1. The van der Waals surface area contributed by atoms with Crippen LogP contribution in [0.3, 0.4) is 0 Å². The molecule has 0 radical (unpaired) electrons. The molecule has 1 saturated heterocycles. The van der Waals surface area contributed by atoms with Crippen molar-refractivity contribution in [2.45, 2.75) is 26.3 Å². The first-order valence-electron chi connectivity index (χ1n) is 11.7. The number of anilines is 1. The number of aromatic carboxylic acids is 1. The number of amides is 1. The molecule has 1 saturated carbocycles. The van der Waals surface area contributed by atoms with Gasteiger partial charge in [0.05, 0.1) is 28.3 Å². The predicted molar refractivity (Wildman–Crippen MR) is 138 cm³/mol. The average Bonchev–Trinajstić information content (AvgIpc) is 3.22. The fraction of sp³-hybridized carbons (Fsp3) is 0.360. The largest absolute Gasteiger partial charge is 1.00 e. The third-order valence-corrected chi connectivity index (χ3v) is 8.84. The fourth-order valence-corrected chi connectivity index (χ4v) is 6.16. The van der Waals surface area contributed by atoms with Gasteiger partial charge in [-0.15, -0.1) is 0 Å². The van der Waals surface area contributed by atoms with Crippen molar-refractivity contribution in [3.05, 3.63) is 67.4 Å². The maximum absolute atomic E-state index is 12.7. The number of carbonyl (C=O) groups excluding carboxylic acids is 3. The summed E-state index contributed by atoms with van der Waals surface area (Å²) in [5, 5.41) is 15.4. The summed E-state index contributed by atoms with van der Waals surface area (Å²) in [6, 6.07) is 6.35. The first-order chi connectivity index (χ1) is 17.7. The van der Waals surface area contributed by atoms with Crippen molar-refractivity contribution in [3.63, 3.8) is 0 Å². The van der Waals surface area contributed by atoms with Gasteiger partial charge in [-0.1, -0.05) is 58.8 Å². The van der Waals surface area contributed by atoms with Crippen molar-refractivity contribution in [1.82, 2.24) is 15.3 Å². The summed E-state index contributed by atoms with van der Waals surface area (Å²) in [5.74, 6) is -1.42. The molecule has 1 amide bonds. The molecule has 38 heavy (non-hydrogen) atoms. The number of nitrogens with zero attached hydrogens (tertiary/aromatic N) is 2. The van der Waals surface area contributed by atoms with Crippen molar-refractivity contribution >= 4 is 57.5 Å². The molecule has 194 valence electrons. The molecule has 1 aliphatic heterocycles. The Morgan fingerprint density at radius 1 is 1.18 bits per heavy atom. The monoisotopic (exact) mass is 568 g/mol. The summed E-state index contributed by atoms with van der Waals surface area (Å²) < 4.78 is 5.24. The average molecular weight is 569 g/mol. The van der Waals surface area contributed by atoms with E-state index in [9.17, 15) is 19.5 Å². The number of thiazole rings is 1. The molecule has 3 heterocycles. The Hall–Kier alpha value is -2.48. The zero-order valence-corrected chi connectivity index (χ0v) is 23.3. The minimum Gasteiger partial charge on any atom is -0.545 e. The molecule has 9 nitrogen and oxygen atoms in total. The van der Waals surface area contributed by atoms with E-state index < -0.39 is 11.9 Å². The summed E-state index contributed by atoms with van der Waals surface area (Å²) in [4.78, 5) is 46.6. The van der Waals surface area contributed by atoms with Gasteiger partial charge in [-0.2, -0.15) is 0 Å². The number of hydrogen-bond acceptors (Lipinski definition) is 8. The molecule has 1 aliphatic carbocycles. The van der Waals surface area contributed by atoms with Crippen LogP contribution in [0.15, 0.2) is 24.3 Å². The van der Waals surface area contributed by atoms with Crippen LogP contribution in [0.4, 0.5) is 5.13 Å². The van der Waals surface area contributed by atoms with E-state index in [0.29, 0.717) is 40.8 Å². The number of nitrogens with one attached hydrogen (secondary N) is 2. The van der Waals surface area contributed by atoms with Gasteiger partial charge < -0.3 is 29.8 Å². The number of halogens is 2. The van der Waals surface area contributed by atoms with Gasteiger partial charge in [0.2, 0.25) is 0 Å². The van der Waals surface area contributed by atoms with Gasteiger partial charge >= 0.3 is 24.8 Å². The van der Waals surface area contributed by atoms with Crippen LogP contribution >= 0.6 is 34.5 Å². The zero-order valence-electron chi connectivity index (χ0n) is 21.0. The number of H-pyrrole nitrogens is 1. The summed E-state index contributed by atoms with van der Waals surface area (Å²) in [6.07, 6.45) is 0.357.